The maximum absolute atomic E-state index is 12.6. The lowest BCUT2D eigenvalue weighted by Crippen LogP contribution is -2.23. The number of nitrogens with one attached hydrogen (secondary N) is 2. The first-order valence-corrected chi connectivity index (χ1v) is 11.2. The highest BCUT2D eigenvalue weighted by Gasteiger charge is 2.15. The molecule has 0 atom stereocenters. The predicted octanol–water partition coefficient (Wildman–Crippen LogP) is 3.82. The van der Waals surface area contributed by atoms with E-state index in [-0.39, 0.29) is 17.3 Å². The SMILES string of the molecule is CCOc1cc(CNC(=O)c2cccc(NS(=O)(=O)c3ccccc3)c2)ccc1OC. The van der Waals surface area contributed by atoms with Crippen molar-refractivity contribution in [1.82, 2.24) is 5.32 Å². The van der Waals surface area contributed by atoms with Gasteiger partial charge < -0.3 is 14.8 Å². The van der Waals surface area contributed by atoms with Gasteiger partial charge in [0.2, 0.25) is 0 Å². The Kier molecular flexibility index (Phi) is 7.15. The van der Waals surface area contributed by atoms with Gasteiger partial charge in [-0.3, -0.25) is 9.52 Å². The van der Waals surface area contributed by atoms with E-state index in [2.05, 4.69) is 10.0 Å². The molecule has 0 aliphatic rings. The van der Waals surface area contributed by atoms with E-state index >= 15 is 0 Å². The molecule has 0 saturated heterocycles. The number of ether oxygens (including phenoxy) is 2. The Balaban J connectivity index is 1.69. The summed E-state index contributed by atoms with van der Waals surface area (Å²) < 4.78 is 38.3. The highest BCUT2D eigenvalue weighted by Crippen LogP contribution is 2.28. The Labute approximate surface area is 182 Å². The van der Waals surface area contributed by atoms with Crippen molar-refractivity contribution in [2.75, 3.05) is 18.4 Å². The van der Waals surface area contributed by atoms with Crippen LogP contribution < -0.4 is 19.5 Å². The first kappa shape index (κ1) is 22.2. The minimum atomic E-state index is -3.74. The molecule has 3 rings (SSSR count). The number of sulfonamides is 1. The van der Waals surface area contributed by atoms with E-state index in [1.54, 1.807) is 49.6 Å². The van der Waals surface area contributed by atoms with Crippen molar-refractivity contribution in [3.8, 4) is 11.5 Å². The van der Waals surface area contributed by atoms with Gasteiger partial charge in [0.1, 0.15) is 0 Å². The van der Waals surface area contributed by atoms with Crippen molar-refractivity contribution >= 4 is 21.6 Å². The van der Waals surface area contributed by atoms with Crippen LogP contribution in [0.4, 0.5) is 5.69 Å². The molecule has 3 aromatic rings. The first-order valence-electron chi connectivity index (χ1n) is 9.69. The smallest absolute Gasteiger partial charge is 0.261 e. The normalized spacial score (nSPS) is 10.9. The summed E-state index contributed by atoms with van der Waals surface area (Å²) in [5.74, 6) is 0.902. The van der Waals surface area contributed by atoms with Crippen LogP contribution in [0.3, 0.4) is 0 Å². The van der Waals surface area contributed by atoms with Gasteiger partial charge in [0.15, 0.2) is 11.5 Å². The number of hydrogen-bond acceptors (Lipinski definition) is 5. The quantitative estimate of drug-likeness (QED) is 0.528. The Hall–Kier alpha value is -3.52. The van der Waals surface area contributed by atoms with Crippen LogP contribution in [0.2, 0.25) is 0 Å². The summed E-state index contributed by atoms with van der Waals surface area (Å²) in [6.07, 6.45) is 0. The van der Waals surface area contributed by atoms with Crippen LogP contribution in [0, 0.1) is 0 Å². The monoisotopic (exact) mass is 440 g/mol. The van der Waals surface area contributed by atoms with Crippen molar-refractivity contribution in [3.63, 3.8) is 0 Å². The van der Waals surface area contributed by atoms with Crippen molar-refractivity contribution in [2.45, 2.75) is 18.4 Å². The van der Waals surface area contributed by atoms with Gasteiger partial charge in [0.25, 0.3) is 15.9 Å². The van der Waals surface area contributed by atoms with Crippen LogP contribution in [0.25, 0.3) is 0 Å². The van der Waals surface area contributed by atoms with E-state index in [1.165, 1.54) is 18.2 Å². The second-order valence-electron chi connectivity index (χ2n) is 6.60. The number of amides is 1. The molecule has 7 nitrogen and oxygen atoms in total. The lowest BCUT2D eigenvalue weighted by atomic mass is 10.1. The largest absolute Gasteiger partial charge is 0.493 e. The minimum Gasteiger partial charge on any atom is -0.493 e. The van der Waals surface area contributed by atoms with E-state index in [4.69, 9.17) is 9.47 Å². The van der Waals surface area contributed by atoms with Crippen LogP contribution in [0.1, 0.15) is 22.8 Å². The van der Waals surface area contributed by atoms with Gasteiger partial charge in [-0.15, -0.1) is 0 Å². The summed E-state index contributed by atoms with van der Waals surface area (Å²) in [6, 6.07) is 19.8. The van der Waals surface area contributed by atoms with Crippen LogP contribution in [-0.4, -0.2) is 28.0 Å². The molecule has 8 heteroatoms. The van der Waals surface area contributed by atoms with Gasteiger partial charge in [0.05, 0.1) is 18.6 Å². The number of hydrogen-bond donors (Lipinski definition) is 2. The molecule has 0 heterocycles. The number of carbonyl (C=O) groups excluding carboxylic acids is 1. The molecule has 2 N–H and O–H groups in total. The molecule has 0 saturated carbocycles. The Morgan fingerprint density at radius 1 is 0.935 bits per heavy atom. The summed E-state index contributed by atoms with van der Waals surface area (Å²) in [6.45, 7) is 2.66. The Morgan fingerprint density at radius 3 is 2.42 bits per heavy atom. The third-order valence-electron chi connectivity index (χ3n) is 4.41. The van der Waals surface area contributed by atoms with Crippen LogP contribution in [-0.2, 0) is 16.6 Å². The van der Waals surface area contributed by atoms with E-state index in [0.717, 1.165) is 5.56 Å². The zero-order valence-corrected chi connectivity index (χ0v) is 18.1. The minimum absolute atomic E-state index is 0.148. The van der Waals surface area contributed by atoms with E-state index < -0.39 is 10.0 Å². The van der Waals surface area contributed by atoms with Crippen molar-refractivity contribution in [1.29, 1.82) is 0 Å². The Morgan fingerprint density at radius 2 is 1.71 bits per heavy atom. The standard InChI is InChI=1S/C23H24N2O5S/c1-3-30-22-14-17(12-13-21(22)29-2)16-24-23(26)18-8-7-9-19(15-18)25-31(27,28)20-10-5-4-6-11-20/h4-15,25H,3,16H2,1-2H3,(H,24,26). The number of benzene rings is 3. The Bertz CT molecular complexity index is 1150. The fraction of sp³-hybridized carbons (Fsp3) is 0.174. The maximum atomic E-state index is 12.6. The summed E-state index contributed by atoms with van der Waals surface area (Å²) in [4.78, 5) is 12.7. The van der Waals surface area contributed by atoms with Gasteiger partial charge in [-0.25, -0.2) is 8.42 Å². The summed E-state index contributed by atoms with van der Waals surface area (Å²) in [5.41, 5.74) is 1.49. The van der Waals surface area contributed by atoms with E-state index in [1.807, 2.05) is 19.1 Å². The highest BCUT2D eigenvalue weighted by molar-refractivity contribution is 7.92. The molecule has 1 amide bonds. The fourth-order valence-corrected chi connectivity index (χ4v) is 3.99. The zero-order valence-electron chi connectivity index (χ0n) is 17.3. The molecule has 0 spiro atoms. The van der Waals surface area contributed by atoms with Gasteiger partial charge >= 0.3 is 0 Å². The van der Waals surface area contributed by atoms with Crippen molar-refractivity contribution in [2.24, 2.45) is 0 Å². The molecule has 162 valence electrons. The summed E-state index contributed by atoms with van der Waals surface area (Å²) in [5, 5.41) is 2.83. The van der Waals surface area contributed by atoms with Crippen molar-refractivity contribution < 1.29 is 22.7 Å². The maximum Gasteiger partial charge on any atom is 0.261 e. The van der Waals surface area contributed by atoms with Gasteiger partial charge in [0, 0.05) is 17.8 Å². The van der Waals surface area contributed by atoms with Gasteiger partial charge in [-0.05, 0) is 55.0 Å². The number of anilines is 1. The van der Waals surface area contributed by atoms with Crippen LogP contribution in [0.5, 0.6) is 11.5 Å². The van der Waals surface area contributed by atoms with Crippen molar-refractivity contribution in [3.05, 3.63) is 83.9 Å². The van der Waals surface area contributed by atoms with E-state index in [0.29, 0.717) is 29.4 Å². The molecular formula is C23H24N2O5S. The molecule has 0 unspecified atom stereocenters. The fourth-order valence-electron chi connectivity index (χ4n) is 2.92. The van der Waals surface area contributed by atoms with Crippen LogP contribution in [0.15, 0.2) is 77.7 Å². The molecule has 31 heavy (non-hydrogen) atoms. The molecular weight excluding hydrogens is 416 g/mol. The lowest BCUT2D eigenvalue weighted by molar-refractivity contribution is 0.0951. The number of rotatable bonds is 9. The first-order chi connectivity index (χ1) is 14.9. The number of carbonyl (C=O) groups is 1. The molecule has 3 aromatic carbocycles. The second kappa shape index (κ2) is 9.99. The molecule has 0 bridgehead atoms. The molecule has 0 radical (unpaired) electrons. The third kappa shape index (κ3) is 5.76. The molecule has 0 aliphatic heterocycles. The lowest BCUT2D eigenvalue weighted by Gasteiger charge is -2.12. The zero-order chi connectivity index (χ0) is 22.3. The summed E-state index contributed by atoms with van der Waals surface area (Å²) >= 11 is 0. The molecule has 0 aliphatic carbocycles. The van der Waals surface area contributed by atoms with E-state index in [9.17, 15) is 13.2 Å². The number of methoxy groups -OCH3 is 1. The van der Waals surface area contributed by atoms with Gasteiger partial charge in [-0.2, -0.15) is 0 Å². The molecule has 0 fully saturated rings. The highest BCUT2D eigenvalue weighted by atomic mass is 32.2. The predicted molar refractivity (Wildman–Crippen MR) is 119 cm³/mol. The molecule has 0 aromatic heterocycles. The third-order valence-corrected chi connectivity index (χ3v) is 5.81. The van der Waals surface area contributed by atoms with Gasteiger partial charge in [-0.1, -0.05) is 30.3 Å². The average Bonchev–Trinajstić information content (AvgIpc) is 2.78. The van der Waals surface area contributed by atoms with Crippen LogP contribution >= 0.6 is 0 Å². The summed E-state index contributed by atoms with van der Waals surface area (Å²) in [7, 11) is -2.17. The topological polar surface area (TPSA) is 93.7 Å². The average molecular weight is 441 g/mol. The second-order valence-corrected chi connectivity index (χ2v) is 8.28.